The maximum Gasteiger partial charge on any atom is 0.150 e. The summed E-state index contributed by atoms with van der Waals surface area (Å²) in [5, 5.41) is 0. The van der Waals surface area contributed by atoms with Crippen LogP contribution in [0.1, 0.15) is 22.3 Å². The molecule has 2 aromatic rings. The predicted octanol–water partition coefficient (Wildman–Crippen LogP) is 3.93. The van der Waals surface area contributed by atoms with E-state index in [1.165, 1.54) is 16.7 Å². The quantitative estimate of drug-likeness (QED) is 0.623. The number of hydrogen-bond donors (Lipinski definition) is 0. The number of hydrogen-bond acceptors (Lipinski definition) is 2. The van der Waals surface area contributed by atoms with E-state index in [0.29, 0.717) is 0 Å². The van der Waals surface area contributed by atoms with E-state index in [2.05, 4.69) is 47.4 Å². The van der Waals surface area contributed by atoms with Crippen LogP contribution in [0.3, 0.4) is 0 Å². The predicted molar refractivity (Wildman–Crippen MR) is 86.3 cm³/mol. The zero-order chi connectivity index (χ0) is 14.5. The molecule has 1 aliphatic heterocycles. The summed E-state index contributed by atoms with van der Waals surface area (Å²) in [7, 11) is 0. The summed E-state index contributed by atoms with van der Waals surface area (Å²) in [6.45, 7) is 2.95. The molecule has 1 aliphatic rings. The Bertz CT molecular complexity index is 646. The average Bonchev–Trinajstić information content (AvgIpc) is 2.56. The van der Waals surface area contributed by atoms with Gasteiger partial charge in [-0.25, -0.2) is 0 Å². The van der Waals surface area contributed by atoms with Crippen molar-refractivity contribution in [2.75, 3.05) is 13.1 Å². The van der Waals surface area contributed by atoms with Gasteiger partial charge in [0.15, 0.2) is 0 Å². The van der Waals surface area contributed by atoms with Gasteiger partial charge < -0.3 is 0 Å². The summed E-state index contributed by atoms with van der Waals surface area (Å²) in [6, 6.07) is 16.4. The van der Waals surface area contributed by atoms with E-state index in [9.17, 15) is 4.79 Å². The minimum Gasteiger partial charge on any atom is -0.298 e. The van der Waals surface area contributed by atoms with Gasteiger partial charge in [0.2, 0.25) is 0 Å². The van der Waals surface area contributed by atoms with Crippen molar-refractivity contribution in [3.63, 3.8) is 0 Å². The molecule has 0 spiro atoms. The van der Waals surface area contributed by atoms with E-state index in [1.807, 2.05) is 18.2 Å². The van der Waals surface area contributed by atoms with Crippen LogP contribution in [0.4, 0.5) is 0 Å². The minimum atomic E-state index is 0.747. The fourth-order valence-electron chi connectivity index (χ4n) is 2.79. The zero-order valence-corrected chi connectivity index (χ0v) is 12.0. The van der Waals surface area contributed by atoms with Crippen molar-refractivity contribution in [2.24, 2.45) is 0 Å². The van der Waals surface area contributed by atoms with E-state index < -0.39 is 0 Å². The molecule has 0 unspecified atom stereocenters. The minimum absolute atomic E-state index is 0.747. The molecule has 3 rings (SSSR count). The molecule has 0 bridgehead atoms. The van der Waals surface area contributed by atoms with Crippen molar-refractivity contribution in [3.05, 3.63) is 71.8 Å². The fraction of sp³-hybridized carbons (Fsp3) is 0.211. The Hall–Kier alpha value is -2.19. The number of carbonyl (C=O) groups excluding carboxylic acids is 1. The first-order valence-electron chi connectivity index (χ1n) is 7.38. The third-order valence-corrected chi connectivity index (χ3v) is 3.89. The summed E-state index contributed by atoms with van der Waals surface area (Å²) in [5.74, 6) is 0. The summed E-state index contributed by atoms with van der Waals surface area (Å²) < 4.78 is 0. The maximum atomic E-state index is 11.1. The molecule has 0 saturated heterocycles. The third kappa shape index (κ3) is 3.29. The van der Waals surface area contributed by atoms with E-state index >= 15 is 0 Å². The molecule has 0 fully saturated rings. The van der Waals surface area contributed by atoms with Crippen LogP contribution >= 0.6 is 0 Å². The van der Waals surface area contributed by atoms with E-state index in [4.69, 9.17) is 0 Å². The molecule has 106 valence electrons. The average molecular weight is 277 g/mol. The van der Waals surface area contributed by atoms with Crippen molar-refractivity contribution in [1.82, 2.24) is 4.90 Å². The van der Waals surface area contributed by atoms with Crippen LogP contribution in [0, 0.1) is 0 Å². The first kappa shape index (κ1) is 13.8. The van der Waals surface area contributed by atoms with Gasteiger partial charge in [-0.05, 0) is 29.2 Å². The highest BCUT2D eigenvalue weighted by Crippen LogP contribution is 2.26. The normalized spacial score (nSPS) is 15.0. The van der Waals surface area contributed by atoms with Gasteiger partial charge in [0, 0.05) is 25.2 Å². The molecule has 0 aromatic heterocycles. The van der Waals surface area contributed by atoms with Gasteiger partial charge in [-0.3, -0.25) is 9.69 Å². The Balaban J connectivity index is 1.95. The van der Waals surface area contributed by atoms with Gasteiger partial charge >= 0.3 is 0 Å². The lowest BCUT2D eigenvalue weighted by Gasteiger charge is -2.24. The molecule has 21 heavy (non-hydrogen) atoms. The van der Waals surface area contributed by atoms with Crippen molar-refractivity contribution in [3.8, 4) is 11.1 Å². The van der Waals surface area contributed by atoms with Gasteiger partial charge in [-0.2, -0.15) is 0 Å². The number of benzene rings is 2. The molecule has 0 saturated carbocycles. The topological polar surface area (TPSA) is 20.3 Å². The van der Waals surface area contributed by atoms with Crippen LogP contribution in [0.25, 0.3) is 11.1 Å². The van der Waals surface area contributed by atoms with E-state index in [0.717, 1.165) is 37.9 Å². The van der Waals surface area contributed by atoms with Gasteiger partial charge in [0.05, 0.1) is 0 Å². The molecule has 0 N–H and O–H groups in total. The standard InChI is InChI=1S/C19H19NO/c21-15-16-9-10-19(17-7-3-1-4-8-17)18(13-16)14-20-11-5-2-6-12-20/h1-5,7-10,13,15H,6,11-12,14H2. The molecule has 2 heteroatoms. The fourth-order valence-corrected chi connectivity index (χ4v) is 2.79. The second kappa shape index (κ2) is 6.51. The van der Waals surface area contributed by atoms with Crippen molar-refractivity contribution in [1.29, 1.82) is 0 Å². The van der Waals surface area contributed by atoms with Crippen molar-refractivity contribution in [2.45, 2.75) is 13.0 Å². The van der Waals surface area contributed by atoms with E-state index in [-0.39, 0.29) is 0 Å². The van der Waals surface area contributed by atoms with Gasteiger partial charge in [0.25, 0.3) is 0 Å². The molecule has 1 heterocycles. The molecule has 0 radical (unpaired) electrons. The number of rotatable bonds is 4. The number of nitrogens with zero attached hydrogens (tertiary/aromatic N) is 1. The first-order chi connectivity index (χ1) is 10.4. The third-order valence-electron chi connectivity index (χ3n) is 3.89. The highest BCUT2D eigenvalue weighted by Gasteiger charge is 2.11. The zero-order valence-electron chi connectivity index (χ0n) is 12.0. The lowest BCUT2D eigenvalue weighted by Crippen LogP contribution is -2.26. The SMILES string of the molecule is O=Cc1ccc(-c2ccccc2)c(CN2CC=CCC2)c1. The van der Waals surface area contributed by atoms with Crippen LogP contribution in [-0.4, -0.2) is 24.3 Å². The maximum absolute atomic E-state index is 11.1. The Morgan fingerprint density at radius 1 is 1.05 bits per heavy atom. The van der Waals surface area contributed by atoms with Crippen molar-refractivity contribution >= 4 is 6.29 Å². The molecule has 0 amide bonds. The summed E-state index contributed by atoms with van der Waals surface area (Å²) in [4.78, 5) is 13.5. The Morgan fingerprint density at radius 3 is 2.62 bits per heavy atom. The second-order valence-corrected chi connectivity index (χ2v) is 5.40. The summed E-state index contributed by atoms with van der Waals surface area (Å²) in [5.41, 5.74) is 4.39. The molecular weight excluding hydrogens is 258 g/mol. The summed E-state index contributed by atoms with van der Waals surface area (Å²) in [6.07, 6.45) is 6.48. The van der Waals surface area contributed by atoms with Crippen molar-refractivity contribution < 1.29 is 4.79 Å². The number of carbonyl (C=O) groups is 1. The van der Waals surface area contributed by atoms with Gasteiger partial charge in [-0.15, -0.1) is 0 Å². The van der Waals surface area contributed by atoms with Gasteiger partial charge in [0.1, 0.15) is 6.29 Å². The number of aldehydes is 1. The monoisotopic (exact) mass is 277 g/mol. The molecule has 2 nitrogen and oxygen atoms in total. The first-order valence-corrected chi connectivity index (χ1v) is 7.38. The highest BCUT2D eigenvalue weighted by atomic mass is 16.1. The molecule has 0 atom stereocenters. The summed E-state index contributed by atoms with van der Waals surface area (Å²) >= 11 is 0. The largest absolute Gasteiger partial charge is 0.298 e. The molecule has 0 aliphatic carbocycles. The second-order valence-electron chi connectivity index (χ2n) is 5.40. The van der Waals surface area contributed by atoms with Crippen LogP contribution in [0.2, 0.25) is 0 Å². The van der Waals surface area contributed by atoms with Crippen LogP contribution in [0.5, 0.6) is 0 Å². The van der Waals surface area contributed by atoms with Crippen LogP contribution in [0.15, 0.2) is 60.7 Å². The van der Waals surface area contributed by atoms with E-state index in [1.54, 1.807) is 0 Å². The Morgan fingerprint density at radius 2 is 1.90 bits per heavy atom. The molecular formula is C19H19NO. The Labute approximate surface area is 125 Å². The van der Waals surface area contributed by atoms with Crippen LogP contribution in [-0.2, 0) is 6.54 Å². The smallest absolute Gasteiger partial charge is 0.150 e. The van der Waals surface area contributed by atoms with Crippen LogP contribution < -0.4 is 0 Å². The lowest BCUT2D eigenvalue weighted by atomic mass is 9.97. The van der Waals surface area contributed by atoms with Gasteiger partial charge in [-0.1, -0.05) is 54.6 Å². The molecule has 2 aromatic carbocycles. The lowest BCUT2D eigenvalue weighted by molar-refractivity contribution is 0.112. The Kier molecular flexibility index (Phi) is 4.27. The highest BCUT2D eigenvalue weighted by molar-refractivity contribution is 5.78.